The summed E-state index contributed by atoms with van der Waals surface area (Å²) in [6.07, 6.45) is 6.71. The van der Waals surface area contributed by atoms with E-state index in [1.807, 2.05) is 49.1 Å². The number of hydrogen-bond acceptors (Lipinski definition) is 7. The third kappa shape index (κ3) is 7.52. The summed E-state index contributed by atoms with van der Waals surface area (Å²) in [7, 11) is -8.11. The van der Waals surface area contributed by atoms with Crippen LogP contribution in [-0.4, -0.2) is 44.0 Å². The van der Waals surface area contributed by atoms with Gasteiger partial charge in [-0.25, -0.2) is 0 Å². The Kier molecular flexibility index (Phi) is 9.52. The molecule has 0 atom stereocenters. The fourth-order valence-electron chi connectivity index (χ4n) is 5.57. The number of hydrogen-bond donors (Lipinski definition) is 2. The average Bonchev–Trinajstić information content (AvgIpc) is 3.46. The maximum atomic E-state index is 11.4. The molecule has 2 heterocycles. The van der Waals surface area contributed by atoms with Gasteiger partial charge in [0.05, 0.1) is 17.2 Å². The van der Waals surface area contributed by atoms with Crippen LogP contribution in [-0.2, 0) is 26.7 Å². The van der Waals surface area contributed by atoms with Gasteiger partial charge in [0.2, 0.25) is 5.88 Å². The largest absolute Gasteiger partial charge is 0.439 e. The van der Waals surface area contributed by atoms with Gasteiger partial charge < -0.3 is 9.64 Å². The summed E-state index contributed by atoms with van der Waals surface area (Å²) in [5, 5.41) is 3.44. The number of allylic oxidation sites excluding steroid dienone is 2. The lowest BCUT2D eigenvalue weighted by Gasteiger charge is -2.19. The minimum atomic E-state index is -4.09. The molecule has 234 valence electrons. The lowest BCUT2D eigenvalue weighted by atomic mass is 9.98. The summed E-state index contributed by atoms with van der Waals surface area (Å²) in [5.74, 6) is 0.686. The van der Waals surface area contributed by atoms with Gasteiger partial charge in [-0.15, -0.1) is 11.3 Å². The molecule has 4 aromatic rings. The lowest BCUT2D eigenvalue weighted by Crippen LogP contribution is -2.23. The van der Waals surface area contributed by atoms with Crippen molar-refractivity contribution in [3.8, 4) is 5.75 Å². The molecule has 0 spiro atoms. The van der Waals surface area contributed by atoms with Crippen LogP contribution in [0.4, 0.5) is 5.69 Å². The molecule has 44 heavy (non-hydrogen) atoms. The molecule has 0 unspecified atom stereocenters. The first-order chi connectivity index (χ1) is 20.8. The normalized spacial score (nSPS) is 15.0. The first kappa shape index (κ1) is 32.2. The number of unbranched alkanes of at least 4 members (excludes halogenated alkanes) is 1. The van der Waals surface area contributed by atoms with Gasteiger partial charge in [0.15, 0.2) is 5.75 Å². The predicted octanol–water partition coefficient (Wildman–Crippen LogP) is 7.69. The second-order valence-corrected chi connectivity index (χ2v) is 15.4. The maximum absolute atomic E-state index is 11.4. The van der Waals surface area contributed by atoms with Crippen LogP contribution >= 0.6 is 11.3 Å². The number of benzene rings is 3. The van der Waals surface area contributed by atoms with Crippen molar-refractivity contribution in [3.05, 3.63) is 87.6 Å². The third-order valence-corrected chi connectivity index (χ3v) is 10.7. The standard InChI is InChI=1S/C33H37NO7S3/c1-4-24(21-32-34(15-9-17-44(38,39)40)28-18-22(2)23(3)19-29(28)41-32)20-31-27(12-7-8-16-43(35,36)37)33-26-11-6-5-10-25(26)13-14-30(33)42-31/h5-6,10-11,13-14,18-21H,4,7-9,12,15-17H2,1-3H3,(H,35,36,37)(H,38,39,40)/b24-20-,32-21-. The summed E-state index contributed by atoms with van der Waals surface area (Å²) in [5.41, 5.74) is 5.20. The zero-order valence-electron chi connectivity index (χ0n) is 25.0. The number of ether oxygens (including phenoxy) is 1. The van der Waals surface area contributed by atoms with Crippen LogP contribution in [0.15, 0.2) is 66.1 Å². The van der Waals surface area contributed by atoms with Crippen molar-refractivity contribution in [2.75, 3.05) is 23.0 Å². The van der Waals surface area contributed by atoms with Gasteiger partial charge in [0, 0.05) is 27.6 Å². The van der Waals surface area contributed by atoms with Crippen LogP contribution in [0.25, 0.3) is 26.9 Å². The predicted molar refractivity (Wildman–Crippen MR) is 180 cm³/mol. The smallest absolute Gasteiger partial charge is 0.264 e. The summed E-state index contributed by atoms with van der Waals surface area (Å²) in [4.78, 5) is 3.04. The van der Waals surface area contributed by atoms with Gasteiger partial charge in [-0.2, -0.15) is 16.8 Å². The molecule has 3 aromatic carbocycles. The summed E-state index contributed by atoms with van der Waals surface area (Å²) in [6, 6.07) is 16.5. The van der Waals surface area contributed by atoms with Gasteiger partial charge >= 0.3 is 0 Å². The van der Waals surface area contributed by atoms with Crippen LogP contribution in [0.3, 0.4) is 0 Å². The van der Waals surface area contributed by atoms with Crippen LogP contribution in [0, 0.1) is 13.8 Å². The highest BCUT2D eigenvalue weighted by atomic mass is 32.2. The van der Waals surface area contributed by atoms with Gasteiger partial charge in [-0.05, 0) is 103 Å². The Hall–Kier alpha value is -3.22. The van der Waals surface area contributed by atoms with E-state index in [4.69, 9.17) is 4.74 Å². The number of nitrogens with zero attached hydrogens (tertiary/aromatic N) is 1. The fourth-order valence-corrected chi connectivity index (χ4v) is 7.88. The minimum absolute atomic E-state index is 0.230. The average molecular weight is 656 g/mol. The topological polar surface area (TPSA) is 121 Å². The van der Waals surface area contributed by atoms with Crippen molar-refractivity contribution in [1.82, 2.24) is 0 Å². The van der Waals surface area contributed by atoms with E-state index in [2.05, 4.69) is 37.3 Å². The molecular formula is C33H37NO7S3. The highest BCUT2D eigenvalue weighted by Gasteiger charge is 2.27. The molecule has 11 heteroatoms. The molecule has 8 nitrogen and oxygen atoms in total. The highest BCUT2D eigenvalue weighted by molar-refractivity contribution is 7.86. The number of anilines is 1. The molecule has 0 bridgehead atoms. The molecule has 0 radical (unpaired) electrons. The van der Waals surface area contributed by atoms with Gasteiger partial charge in [-0.3, -0.25) is 9.11 Å². The Bertz CT molecular complexity index is 1990. The van der Waals surface area contributed by atoms with E-state index in [1.165, 1.54) is 0 Å². The van der Waals surface area contributed by atoms with Crippen molar-refractivity contribution in [3.63, 3.8) is 0 Å². The zero-order chi connectivity index (χ0) is 31.6. The Morgan fingerprint density at radius 3 is 2.36 bits per heavy atom. The van der Waals surface area contributed by atoms with Gasteiger partial charge in [0.1, 0.15) is 0 Å². The second-order valence-electron chi connectivity index (χ2n) is 11.2. The molecule has 1 aliphatic heterocycles. The molecule has 1 aromatic heterocycles. The highest BCUT2D eigenvalue weighted by Crippen LogP contribution is 2.42. The second kappa shape index (κ2) is 13.0. The molecule has 0 saturated heterocycles. The monoisotopic (exact) mass is 655 g/mol. The van der Waals surface area contributed by atoms with Crippen LogP contribution in [0.2, 0.25) is 0 Å². The first-order valence-corrected chi connectivity index (χ1v) is 18.7. The van der Waals surface area contributed by atoms with Crippen molar-refractivity contribution < 1.29 is 30.7 Å². The molecule has 0 fully saturated rings. The van der Waals surface area contributed by atoms with E-state index in [0.717, 1.165) is 53.7 Å². The number of thiophene rings is 1. The summed E-state index contributed by atoms with van der Waals surface area (Å²) >= 11 is 1.69. The van der Waals surface area contributed by atoms with E-state index in [9.17, 15) is 25.9 Å². The van der Waals surface area contributed by atoms with E-state index in [0.29, 0.717) is 43.9 Å². The molecule has 0 saturated carbocycles. The lowest BCUT2D eigenvalue weighted by molar-refractivity contribution is 0.436. The fraction of sp³-hybridized carbons (Fsp3) is 0.333. The maximum Gasteiger partial charge on any atom is 0.264 e. The summed E-state index contributed by atoms with van der Waals surface area (Å²) in [6.45, 7) is 6.46. The molecule has 1 aliphatic rings. The van der Waals surface area contributed by atoms with E-state index in [1.54, 1.807) is 11.3 Å². The molecule has 2 N–H and O–H groups in total. The number of fused-ring (bicyclic) bond motifs is 4. The van der Waals surface area contributed by atoms with Crippen molar-refractivity contribution in [2.24, 2.45) is 0 Å². The Labute approximate surface area is 263 Å². The number of aryl methyl sites for hydroxylation is 3. The van der Waals surface area contributed by atoms with Gasteiger partial charge in [-0.1, -0.05) is 37.3 Å². The minimum Gasteiger partial charge on any atom is -0.439 e. The molecule has 5 rings (SSSR count). The van der Waals surface area contributed by atoms with Crippen LogP contribution in [0.5, 0.6) is 5.75 Å². The molecular weight excluding hydrogens is 619 g/mol. The van der Waals surface area contributed by atoms with Crippen molar-refractivity contribution >= 4 is 64.2 Å². The Balaban J connectivity index is 1.55. The number of rotatable bonds is 12. The van der Waals surface area contributed by atoms with E-state index < -0.39 is 20.2 Å². The zero-order valence-corrected chi connectivity index (χ0v) is 27.5. The Morgan fingerprint density at radius 1 is 0.932 bits per heavy atom. The van der Waals surface area contributed by atoms with Crippen LogP contribution < -0.4 is 9.64 Å². The third-order valence-electron chi connectivity index (χ3n) is 7.95. The van der Waals surface area contributed by atoms with Gasteiger partial charge in [0.25, 0.3) is 20.2 Å². The van der Waals surface area contributed by atoms with E-state index in [-0.39, 0.29) is 17.9 Å². The van der Waals surface area contributed by atoms with Crippen LogP contribution in [0.1, 0.15) is 54.2 Å². The van der Waals surface area contributed by atoms with Crippen molar-refractivity contribution in [2.45, 2.75) is 52.9 Å². The molecule has 0 aliphatic carbocycles. The van der Waals surface area contributed by atoms with Crippen molar-refractivity contribution in [1.29, 1.82) is 0 Å². The first-order valence-electron chi connectivity index (χ1n) is 14.7. The Morgan fingerprint density at radius 2 is 1.64 bits per heavy atom. The molecule has 0 amide bonds. The van der Waals surface area contributed by atoms with E-state index >= 15 is 0 Å². The quantitative estimate of drug-likeness (QED) is 0.118. The SMILES string of the molecule is CCC(=C/c1sc2ccc3ccccc3c2c1CCCCS(=O)(=O)O)/C=C1\Oc2cc(C)c(C)cc2N1CCCS(=O)(=O)O. The summed E-state index contributed by atoms with van der Waals surface area (Å²) < 4.78 is 71.6.